The van der Waals surface area contributed by atoms with Crippen molar-refractivity contribution in [3.05, 3.63) is 33.5 Å². The fourth-order valence-electron chi connectivity index (χ4n) is 2.04. The van der Waals surface area contributed by atoms with E-state index in [0.29, 0.717) is 5.82 Å². The van der Waals surface area contributed by atoms with Crippen LogP contribution in [0.1, 0.15) is 26.0 Å². The summed E-state index contributed by atoms with van der Waals surface area (Å²) < 4.78 is 6.52. The van der Waals surface area contributed by atoms with Crippen LogP contribution in [-0.2, 0) is 6.42 Å². The van der Waals surface area contributed by atoms with Gasteiger partial charge in [-0.15, -0.1) is 0 Å². The summed E-state index contributed by atoms with van der Waals surface area (Å²) in [5.41, 5.74) is 1.98. The van der Waals surface area contributed by atoms with Crippen LogP contribution in [0, 0.1) is 3.57 Å². The lowest BCUT2D eigenvalue weighted by Gasteiger charge is -2.13. The largest absolute Gasteiger partial charge is 0.496 e. The Hall–Kier alpha value is -1.37. The number of hydrogen-bond acceptors (Lipinski definition) is 4. The highest BCUT2D eigenvalue weighted by Gasteiger charge is 2.14. The molecule has 1 N–H and O–H groups in total. The molecular formula is C16H20IN3O. The van der Waals surface area contributed by atoms with Crippen LogP contribution in [0.2, 0.25) is 0 Å². The maximum Gasteiger partial charge on any atom is 0.165 e. The maximum atomic E-state index is 5.42. The minimum Gasteiger partial charge on any atom is -0.496 e. The smallest absolute Gasteiger partial charge is 0.165 e. The third-order valence-electron chi connectivity index (χ3n) is 3.15. The van der Waals surface area contributed by atoms with Gasteiger partial charge in [0.2, 0.25) is 0 Å². The van der Waals surface area contributed by atoms with Gasteiger partial charge in [0.1, 0.15) is 11.6 Å². The van der Waals surface area contributed by atoms with Gasteiger partial charge in [-0.2, -0.15) is 0 Å². The molecule has 5 heteroatoms. The van der Waals surface area contributed by atoms with Crippen LogP contribution in [0.5, 0.6) is 5.75 Å². The summed E-state index contributed by atoms with van der Waals surface area (Å²) in [6.45, 7) is 5.16. The van der Waals surface area contributed by atoms with Crippen molar-refractivity contribution in [2.24, 2.45) is 0 Å². The van der Waals surface area contributed by atoms with Crippen LogP contribution in [0.25, 0.3) is 11.4 Å². The van der Waals surface area contributed by atoms with E-state index >= 15 is 0 Å². The van der Waals surface area contributed by atoms with Crippen LogP contribution in [-0.4, -0.2) is 23.6 Å². The lowest BCUT2D eigenvalue weighted by Crippen LogP contribution is -2.09. The van der Waals surface area contributed by atoms with Gasteiger partial charge in [0.25, 0.3) is 0 Å². The Morgan fingerprint density at radius 1 is 1.19 bits per heavy atom. The number of nitrogens with zero attached hydrogens (tertiary/aromatic N) is 2. The Bertz CT molecular complexity index is 616. The summed E-state index contributed by atoms with van der Waals surface area (Å²) in [4.78, 5) is 9.39. The van der Waals surface area contributed by atoms with Gasteiger partial charge in [-0.25, -0.2) is 9.97 Å². The monoisotopic (exact) mass is 397 g/mol. The van der Waals surface area contributed by atoms with Gasteiger partial charge in [-0.1, -0.05) is 26.0 Å². The molecule has 0 atom stereocenters. The molecule has 0 radical (unpaired) electrons. The number of aromatic nitrogens is 2. The number of halogens is 1. The highest BCUT2D eigenvalue weighted by atomic mass is 127. The Kier molecular flexibility index (Phi) is 5.78. The predicted octanol–water partition coefficient (Wildman–Crippen LogP) is 4.14. The van der Waals surface area contributed by atoms with E-state index < -0.39 is 0 Å². The summed E-state index contributed by atoms with van der Waals surface area (Å²) >= 11 is 2.32. The SMILES string of the molecule is CCCNc1nc(-c2ccccc2OC)nc(CC)c1I. The lowest BCUT2D eigenvalue weighted by atomic mass is 10.1. The number of nitrogens with one attached hydrogen (secondary N) is 1. The fraction of sp³-hybridized carbons (Fsp3) is 0.375. The molecule has 0 saturated carbocycles. The highest BCUT2D eigenvalue weighted by molar-refractivity contribution is 14.1. The summed E-state index contributed by atoms with van der Waals surface area (Å²) in [6, 6.07) is 7.85. The molecule has 0 fully saturated rings. The van der Waals surface area contributed by atoms with Crippen molar-refractivity contribution in [2.45, 2.75) is 26.7 Å². The first-order valence-electron chi connectivity index (χ1n) is 7.14. The molecule has 21 heavy (non-hydrogen) atoms. The number of aryl methyl sites for hydroxylation is 1. The molecule has 0 spiro atoms. The zero-order valence-electron chi connectivity index (χ0n) is 12.6. The van der Waals surface area contributed by atoms with Crippen molar-refractivity contribution in [2.75, 3.05) is 19.0 Å². The van der Waals surface area contributed by atoms with E-state index in [1.807, 2.05) is 24.3 Å². The molecule has 1 heterocycles. The number of para-hydroxylation sites is 1. The first-order valence-corrected chi connectivity index (χ1v) is 8.22. The van der Waals surface area contributed by atoms with Crippen LogP contribution >= 0.6 is 22.6 Å². The first kappa shape index (κ1) is 16.0. The average Bonchev–Trinajstić information content (AvgIpc) is 2.53. The molecule has 4 nitrogen and oxygen atoms in total. The quantitative estimate of drug-likeness (QED) is 0.745. The molecule has 0 aliphatic rings. The number of methoxy groups -OCH3 is 1. The molecule has 0 bridgehead atoms. The molecule has 1 aromatic heterocycles. The molecular weight excluding hydrogens is 377 g/mol. The maximum absolute atomic E-state index is 5.42. The number of anilines is 1. The number of benzene rings is 1. The van der Waals surface area contributed by atoms with Gasteiger partial charge in [-0.05, 0) is 47.6 Å². The second kappa shape index (κ2) is 7.59. The number of hydrogen-bond donors (Lipinski definition) is 1. The second-order valence-electron chi connectivity index (χ2n) is 4.64. The molecule has 0 aliphatic heterocycles. The van der Waals surface area contributed by atoms with E-state index in [-0.39, 0.29) is 0 Å². The van der Waals surface area contributed by atoms with Gasteiger partial charge in [0, 0.05) is 6.54 Å². The van der Waals surface area contributed by atoms with E-state index in [9.17, 15) is 0 Å². The molecule has 0 amide bonds. The third kappa shape index (κ3) is 3.64. The van der Waals surface area contributed by atoms with Gasteiger partial charge in [-0.3, -0.25) is 0 Å². The Morgan fingerprint density at radius 3 is 2.62 bits per heavy atom. The van der Waals surface area contributed by atoms with Crippen molar-refractivity contribution in [3.63, 3.8) is 0 Å². The number of ether oxygens (including phenoxy) is 1. The Balaban J connectivity index is 2.53. The molecule has 2 rings (SSSR count). The summed E-state index contributed by atoms with van der Waals surface area (Å²) in [5, 5.41) is 3.39. The van der Waals surface area contributed by atoms with Crippen molar-refractivity contribution in [3.8, 4) is 17.1 Å². The normalized spacial score (nSPS) is 10.5. The van der Waals surface area contributed by atoms with Crippen molar-refractivity contribution < 1.29 is 4.74 Å². The first-order chi connectivity index (χ1) is 10.2. The van der Waals surface area contributed by atoms with E-state index in [2.05, 4.69) is 46.7 Å². The minimum absolute atomic E-state index is 0.711. The van der Waals surface area contributed by atoms with Crippen LogP contribution in [0.15, 0.2) is 24.3 Å². The third-order valence-corrected chi connectivity index (χ3v) is 4.28. The van der Waals surface area contributed by atoms with Gasteiger partial charge in [0.15, 0.2) is 5.82 Å². The summed E-state index contributed by atoms with van der Waals surface area (Å²) in [7, 11) is 1.67. The van der Waals surface area contributed by atoms with Crippen LogP contribution < -0.4 is 10.1 Å². The molecule has 2 aromatic rings. The van der Waals surface area contributed by atoms with E-state index in [4.69, 9.17) is 9.72 Å². The second-order valence-corrected chi connectivity index (χ2v) is 5.72. The van der Waals surface area contributed by atoms with Gasteiger partial charge in [0.05, 0.1) is 21.9 Å². The van der Waals surface area contributed by atoms with E-state index in [1.54, 1.807) is 7.11 Å². The topological polar surface area (TPSA) is 47.0 Å². The lowest BCUT2D eigenvalue weighted by molar-refractivity contribution is 0.416. The van der Waals surface area contributed by atoms with E-state index in [1.165, 1.54) is 0 Å². The van der Waals surface area contributed by atoms with Crippen molar-refractivity contribution in [1.29, 1.82) is 0 Å². The molecule has 0 saturated heterocycles. The number of rotatable bonds is 6. The molecule has 0 unspecified atom stereocenters. The molecule has 1 aromatic carbocycles. The zero-order valence-corrected chi connectivity index (χ0v) is 14.8. The van der Waals surface area contributed by atoms with Crippen molar-refractivity contribution in [1.82, 2.24) is 9.97 Å². The van der Waals surface area contributed by atoms with E-state index in [0.717, 1.165) is 45.8 Å². The highest BCUT2D eigenvalue weighted by Crippen LogP contribution is 2.30. The standard InChI is InChI=1S/C16H20IN3O/c1-4-10-18-16-14(17)12(5-2)19-15(20-16)11-8-6-7-9-13(11)21-3/h6-9H,4-5,10H2,1-3H3,(H,18,19,20). The van der Waals surface area contributed by atoms with Crippen molar-refractivity contribution >= 4 is 28.4 Å². The van der Waals surface area contributed by atoms with Gasteiger partial charge >= 0.3 is 0 Å². The molecule has 112 valence electrons. The van der Waals surface area contributed by atoms with Crippen LogP contribution in [0.4, 0.5) is 5.82 Å². The zero-order chi connectivity index (χ0) is 15.2. The fourth-order valence-corrected chi connectivity index (χ4v) is 2.85. The van der Waals surface area contributed by atoms with Gasteiger partial charge < -0.3 is 10.1 Å². The Labute approximate surface area is 139 Å². The van der Waals surface area contributed by atoms with Crippen LogP contribution in [0.3, 0.4) is 0 Å². The average molecular weight is 397 g/mol. The minimum atomic E-state index is 0.711. The predicted molar refractivity (Wildman–Crippen MR) is 94.9 cm³/mol. The molecule has 0 aliphatic carbocycles. The summed E-state index contributed by atoms with van der Waals surface area (Å²) in [6.07, 6.45) is 1.94. The Morgan fingerprint density at radius 2 is 1.95 bits per heavy atom. The summed E-state index contributed by atoms with van der Waals surface area (Å²) in [5.74, 6) is 2.41.